The van der Waals surface area contributed by atoms with Crippen molar-refractivity contribution >= 4 is 17.6 Å². The highest BCUT2D eigenvalue weighted by molar-refractivity contribution is 6.18. The van der Waals surface area contributed by atoms with E-state index in [9.17, 15) is 14.9 Å². The van der Waals surface area contributed by atoms with E-state index in [4.69, 9.17) is 15.2 Å². The average molecular weight is 415 g/mol. The van der Waals surface area contributed by atoms with Crippen LogP contribution in [0.25, 0.3) is 0 Å². The van der Waals surface area contributed by atoms with Crippen molar-refractivity contribution in [2.45, 2.75) is 25.9 Å². The first kappa shape index (κ1) is 20.2. The lowest BCUT2D eigenvalue weighted by Crippen LogP contribution is -2.48. The van der Waals surface area contributed by atoms with Gasteiger partial charge in [-0.1, -0.05) is 48.5 Å². The molecule has 0 aliphatic carbocycles. The number of hydrogen-bond donors (Lipinski definition) is 1. The van der Waals surface area contributed by atoms with Gasteiger partial charge in [-0.05, 0) is 25.5 Å². The zero-order chi connectivity index (χ0) is 22.2. The van der Waals surface area contributed by atoms with Crippen molar-refractivity contribution < 1.29 is 19.1 Å². The number of nitrogens with zero attached hydrogens (tertiary/aromatic N) is 2. The second kappa shape index (κ2) is 7.65. The molecule has 0 bridgehead atoms. The van der Waals surface area contributed by atoms with E-state index in [0.29, 0.717) is 17.8 Å². The molecule has 2 N–H and O–H groups in total. The van der Waals surface area contributed by atoms with Crippen LogP contribution >= 0.6 is 0 Å². The maximum absolute atomic E-state index is 13.8. The summed E-state index contributed by atoms with van der Waals surface area (Å²) >= 11 is 0. The number of nitrogens with two attached hydrogens (primary N) is 1. The van der Waals surface area contributed by atoms with E-state index in [-0.39, 0.29) is 29.4 Å². The Bertz CT molecular complexity index is 1180. The quantitative estimate of drug-likeness (QED) is 0.770. The molecule has 2 aliphatic heterocycles. The molecule has 156 valence electrons. The molecule has 1 atom stereocenters. The van der Waals surface area contributed by atoms with Gasteiger partial charge in [0, 0.05) is 17.8 Å². The molecule has 0 aromatic heterocycles. The Hall–Kier alpha value is -4.05. The number of amides is 1. The number of nitriles is 1. The largest absolute Gasteiger partial charge is 0.457 e. The van der Waals surface area contributed by atoms with Gasteiger partial charge in [0.1, 0.15) is 29.6 Å². The van der Waals surface area contributed by atoms with Crippen LogP contribution in [0.15, 0.2) is 77.4 Å². The molecule has 31 heavy (non-hydrogen) atoms. The Morgan fingerprint density at radius 2 is 1.87 bits per heavy atom. The maximum Gasteiger partial charge on any atom is 0.339 e. The molecule has 0 radical (unpaired) electrons. The number of carbonyl (C=O) groups excluding carboxylic acids is 2. The second-order valence-corrected chi connectivity index (χ2v) is 7.26. The molecule has 7 nitrogen and oxygen atoms in total. The molecule has 2 aromatic rings. The van der Waals surface area contributed by atoms with Crippen LogP contribution in [0.1, 0.15) is 25.0 Å². The number of ether oxygens (including phenoxy) is 2. The Balaban J connectivity index is 1.88. The third-order valence-corrected chi connectivity index (χ3v) is 5.62. The number of allylic oxidation sites excluding steroid dienone is 1. The number of fused-ring (bicyclic) bond motifs is 2. The van der Waals surface area contributed by atoms with Gasteiger partial charge in [0.15, 0.2) is 5.41 Å². The molecule has 0 fully saturated rings. The predicted octanol–water partition coefficient (Wildman–Crippen LogP) is 3.03. The fourth-order valence-corrected chi connectivity index (χ4v) is 4.32. The minimum Gasteiger partial charge on any atom is -0.457 e. The minimum atomic E-state index is -1.71. The first-order valence-electron chi connectivity index (χ1n) is 9.88. The summed E-state index contributed by atoms with van der Waals surface area (Å²) in [7, 11) is 0. The lowest BCUT2D eigenvalue weighted by atomic mass is 9.68. The third kappa shape index (κ3) is 2.88. The maximum atomic E-state index is 13.8. The number of para-hydroxylation sites is 1. The van der Waals surface area contributed by atoms with Crippen LogP contribution < -0.4 is 10.6 Å². The van der Waals surface area contributed by atoms with E-state index in [0.717, 1.165) is 5.56 Å². The fraction of sp³-hybridized carbons (Fsp3) is 0.208. The van der Waals surface area contributed by atoms with E-state index in [1.54, 1.807) is 36.1 Å². The Morgan fingerprint density at radius 3 is 2.55 bits per heavy atom. The molecule has 1 unspecified atom stereocenters. The summed E-state index contributed by atoms with van der Waals surface area (Å²) in [5.41, 5.74) is 6.13. The Morgan fingerprint density at radius 1 is 1.19 bits per heavy atom. The van der Waals surface area contributed by atoms with Crippen molar-refractivity contribution in [1.29, 1.82) is 5.26 Å². The molecule has 7 heteroatoms. The average Bonchev–Trinajstić information content (AvgIpc) is 3.01. The Kier molecular flexibility index (Phi) is 4.99. The number of anilines is 1. The van der Waals surface area contributed by atoms with Gasteiger partial charge in [0.05, 0.1) is 0 Å². The van der Waals surface area contributed by atoms with Crippen molar-refractivity contribution in [3.63, 3.8) is 0 Å². The highest BCUT2D eigenvalue weighted by atomic mass is 16.5. The van der Waals surface area contributed by atoms with Crippen LogP contribution in [-0.2, 0) is 31.1 Å². The normalized spacial score (nSPS) is 19.9. The number of carbonyl (C=O) groups is 2. The van der Waals surface area contributed by atoms with E-state index in [1.807, 2.05) is 43.3 Å². The highest BCUT2D eigenvalue weighted by Crippen LogP contribution is 2.54. The molecular formula is C24H21N3O4. The number of benzene rings is 2. The lowest BCUT2D eigenvalue weighted by molar-refractivity contribution is -0.142. The summed E-state index contributed by atoms with van der Waals surface area (Å²) < 4.78 is 11.1. The SMILES string of the molecule is CCN1C(=O)C2(C(C#N)=C(N)OC(C)=C2C(=O)OCc2ccccc2)c2ccccc21. The minimum absolute atomic E-state index is 0.0148. The van der Waals surface area contributed by atoms with Crippen molar-refractivity contribution in [2.75, 3.05) is 11.4 Å². The van der Waals surface area contributed by atoms with E-state index in [1.165, 1.54) is 0 Å². The second-order valence-electron chi connectivity index (χ2n) is 7.26. The van der Waals surface area contributed by atoms with Gasteiger partial charge < -0.3 is 20.1 Å². The van der Waals surface area contributed by atoms with Crippen molar-refractivity contribution in [1.82, 2.24) is 0 Å². The van der Waals surface area contributed by atoms with Crippen molar-refractivity contribution in [2.24, 2.45) is 5.73 Å². The molecule has 1 amide bonds. The molecule has 2 aliphatic rings. The summed E-state index contributed by atoms with van der Waals surface area (Å²) in [6.45, 7) is 3.76. The van der Waals surface area contributed by atoms with E-state index >= 15 is 0 Å². The van der Waals surface area contributed by atoms with Crippen LogP contribution in [0.5, 0.6) is 0 Å². The van der Waals surface area contributed by atoms with Gasteiger partial charge in [-0.3, -0.25) is 4.79 Å². The summed E-state index contributed by atoms with van der Waals surface area (Å²) in [5, 5.41) is 9.97. The number of esters is 1. The monoisotopic (exact) mass is 415 g/mol. The van der Waals surface area contributed by atoms with Gasteiger partial charge >= 0.3 is 5.97 Å². The predicted molar refractivity (Wildman–Crippen MR) is 113 cm³/mol. The molecule has 2 aromatic carbocycles. The summed E-state index contributed by atoms with van der Waals surface area (Å²) in [6.07, 6.45) is 0. The summed E-state index contributed by atoms with van der Waals surface area (Å²) in [6, 6.07) is 18.3. The summed E-state index contributed by atoms with van der Waals surface area (Å²) in [5.74, 6) is -1.22. The topological polar surface area (TPSA) is 106 Å². The van der Waals surface area contributed by atoms with Crippen LogP contribution in [0, 0.1) is 11.3 Å². The summed E-state index contributed by atoms with van der Waals surface area (Å²) in [4.78, 5) is 28.7. The van der Waals surface area contributed by atoms with Gasteiger partial charge in [-0.15, -0.1) is 0 Å². The van der Waals surface area contributed by atoms with Gasteiger partial charge in [-0.2, -0.15) is 5.26 Å². The molecular weight excluding hydrogens is 394 g/mol. The van der Waals surface area contributed by atoms with Crippen molar-refractivity contribution in [3.05, 3.63) is 88.5 Å². The first-order valence-corrected chi connectivity index (χ1v) is 9.88. The smallest absolute Gasteiger partial charge is 0.339 e. The van der Waals surface area contributed by atoms with Gasteiger partial charge in [0.2, 0.25) is 11.8 Å². The number of likely N-dealkylation sites (N-methyl/N-ethyl adjacent to an activating group) is 1. The van der Waals surface area contributed by atoms with Crippen molar-refractivity contribution in [3.8, 4) is 6.07 Å². The standard InChI is InChI=1S/C24H21N3O4/c1-3-27-19-12-8-7-11-17(19)24(23(27)29)18(13-25)21(26)31-15(2)20(24)22(28)30-14-16-9-5-4-6-10-16/h4-12H,3,14,26H2,1-2H3. The molecule has 2 heterocycles. The zero-order valence-corrected chi connectivity index (χ0v) is 17.2. The number of rotatable bonds is 4. The molecule has 0 saturated carbocycles. The molecule has 4 rings (SSSR count). The van der Waals surface area contributed by atoms with Gasteiger partial charge in [-0.25, -0.2) is 4.79 Å². The third-order valence-electron chi connectivity index (χ3n) is 5.62. The van der Waals surface area contributed by atoms with Crippen LogP contribution in [0.4, 0.5) is 5.69 Å². The molecule has 0 saturated heterocycles. The van der Waals surface area contributed by atoms with Crippen LogP contribution in [-0.4, -0.2) is 18.4 Å². The Labute approximate surface area is 180 Å². The van der Waals surface area contributed by atoms with Crippen LogP contribution in [0.3, 0.4) is 0 Å². The molecule has 1 spiro atoms. The van der Waals surface area contributed by atoms with Gasteiger partial charge in [0.25, 0.3) is 0 Å². The first-order chi connectivity index (χ1) is 15.0. The lowest BCUT2D eigenvalue weighted by Gasteiger charge is -2.34. The van der Waals surface area contributed by atoms with Crippen LogP contribution in [0.2, 0.25) is 0 Å². The van der Waals surface area contributed by atoms with E-state index < -0.39 is 17.3 Å². The van der Waals surface area contributed by atoms with E-state index in [2.05, 4.69) is 0 Å². The number of hydrogen-bond acceptors (Lipinski definition) is 6. The fourth-order valence-electron chi connectivity index (χ4n) is 4.32. The highest BCUT2D eigenvalue weighted by Gasteiger charge is 2.61. The zero-order valence-electron chi connectivity index (χ0n) is 17.2.